The van der Waals surface area contributed by atoms with E-state index in [-0.39, 0.29) is 12.1 Å². The van der Waals surface area contributed by atoms with Gasteiger partial charge in [0.2, 0.25) is 5.95 Å². The van der Waals surface area contributed by atoms with Gasteiger partial charge in [0.05, 0.1) is 18.8 Å². The van der Waals surface area contributed by atoms with E-state index >= 15 is 0 Å². The first-order valence-corrected chi connectivity index (χ1v) is 9.09. The van der Waals surface area contributed by atoms with Crippen molar-refractivity contribution in [2.45, 2.75) is 33.5 Å². The van der Waals surface area contributed by atoms with E-state index in [0.717, 1.165) is 11.3 Å². The van der Waals surface area contributed by atoms with Crippen molar-refractivity contribution in [3.8, 4) is 0 Å². The van der Waals surface area contributed by atoms with Crippen LogP contribution >= 0.6 is 0 Å². The molecule has 0 N–H and O–H groups in total. The third-order valence-corrected chi connectivity index (χ3v) is 4.89. The summed E-state index contributed by atoms with van der Waals surface area (Å²) in [5, 5.41) is 6.41. The number of allylic oxidation sites excluding steroid dienone is 1. The number of benzene rings is 1. The number of hydrogen-bond acceptors (Lipinski definition) is 5. The zero-order valence-electron chi connectivity index (χ0n) is 16.2. The summed E-state index contributed by atoms with van der Waals surface area (Å²) in [5.41, 5.74) is 3.14. The van der Waals surface area contributed by atoms with Gasteiger partial charge in [0.25, 0.3) is 5.56 Å². The molecule has 4 rings (SSSR count). The summed E-state index contributed by atoms with van der Waals surface area (Å²) >= 11 is 0. The van der Waals surface area contributed by atoms with Gasteiger partial charge in [-0.15, -0.1) is 6.58 Å². The molecule has 1 aromatic carbocycles. The molecule has 0 unspecified atom stereocenters. The van der Waals surface area contributed by atoms with Gasteiger partial charge >= 0.3 is 5.69 Å². The fourth-order valence-electron chi connectivity index (χ4n) is 3.48. The summed E-state index contributed by atoms with van der Waals surface area (Å²) in [6, 6.07) is 8.20. The predicted molar refractivity (Wildman–Crippen MR) is 110 cm³/mol. The number of aromatic nitrogens is 4. The number of imidazole rings is 1. The highest BCUT2D eigenvalue weighted by Gasteiger charge is 2.26. The van der Waals surface area contributed by atoms with Crippen molar-refractivity contribution in [3.63, 3.8) is 0 Å². The van der Waals surface area contributed by atoms with Gasteiger partial charge in [-0.1, -0.05) is 35.9 Å². The number of aryl methyl sites for hydroxylation is 2. The maximum atomic E-state index is 13.0. The molecule has 0 saturated carbocycles. The lowest BCUT2D eigenvalue weighted by Crippen LogP contribution is -2.39. The fourth-order valence-corrected chi connectivity index (χ4v) is 3.48. The van der Waals surface area contributed by atoms with E-state index in [1.165, 1.54) is 14.7 Å². The van der Waals surface area contributed by atoms with Crippen LogP contribution in [0.2, 0.25) is 0 Å². The van der Waals surface area contributed by atoms with Crippen LogP contribution in [-0.2, 0) is 26.7 Å². The van der Waals surface area contributed by atoms with Crippen molar-refractivity contribution in [3.05, 3.63) is 68.9 Å². The molecule has 28 heavy (non-hydrogen) atoms. The molecule has 3 aromatic rings. The molecule has 0 radical (unpaired) electrons. The van der Waals surface area contributed by atoms with E-state index in [9.17, 15) is 9.59 Å². The third kappa shape index (κ3) is 2.77. The lowest BCUT2D eigenvalue weighted by Gasteiger charge is -2.25. The van der Waals surface area contributed by atoms with E-state index in [4.69, 9.17) is 0 Å². The highest BCUT2D eigenvalue weighted by atomic mass is 16.2. The van der Waals surface area contributed by atoms with Crippen molar-refractivity contribution in [2.24, 2.45) is 12.1 Å². The van der Waals surface area contributed by atoms with Crippen LogP contribution in [0.1, 0.15) is 18.1 Å². The van der Waals surface area contributed by atoms with E-state index in [1.54, 1.807) is 18.1 Å². The van der Waals surface area contributed by atoms with Gasteiger partial charge in [0, 0.05) is 13.6 Å². The first-order chi connectivity index (χ1) is 13.4. The van der Waals surface area contributed by atoms with Crippen molar-refractivity contribution >= 4 is 22.8 Å². The average Bonchev–Trinajstić information content (AvgIpc) is 3.05. The minimum Gasteiger partial charge on any atom is -0.297 e. The van der Waals surface area contributed by atoms with Gasteiger partial charge in [-0.25, -0.2) is 9.80 Å². The van der Waals surface area contributed by atoms with Crippen LogP contribution in [0.25, 0.3) is 11.2 Å². The van der Waals surface area contributed by atoms with E-state index in [2.05, 4.69) is 40.9 Å². The molecule has 2 aromatic heterocycles. The quantitative estimate of drug-likeness (QED) is 0.649. The zero-order chi connectivity index (χ0) is 20.0. The molecule has 1 aliphatic heterocycles. The Morgan fingerprint density at radius 3 is 2.57 bits per heavy atom. The van der Waals surface area contributed by atoms with Gasteiger partial charge in [0.15, 0.2) is 11.2 Å². The Hall–Kier alpha value is -3.42. The Balaban J connectivity index is 1.91. The molecule has 144 valence electrons. The fraction of sp³-hybridized carbons (Fsp3) is 0.300. The summed E-state index contributed by atoms with van der Waals surface area (Å²) in [5.74, 6) is 0.560. The number of nitrogens with zero attached hydrogens (tertiary/aromatic N) is 6. The van der Waals surface area contributed by atoms with Crippen molar-refractivity contribution in [1.29, 1.82) is 0 Å². The van der Waals surface area contributed by atoms with Gasteiger partial charge in [-0.2, -0.15) is 10.1 Å². The molecule has 1 aliphatic rings. The Morgan fingerprint density at radius 2 is 1.89 bits per heavy atom. The summed E-state index contributed by atoms with van der Waals surface area (Å²) in [4.78, 5) is 30.2. The van der Waals surface area contributed by atoms with E-state index in [1.807, 2.05) is 18.4 Å². The summed E-state index contributed by atoms with van der Waals surface area (Å²) in [6.45, 7) is 8.74. The SMILES string of the molecule is C=CCn1c(=O)c2c(nc3n2CC(C)=NN3Cc2ccc(C)cc2)n(C)c1=O. The largest absolute Gasteiger partial charge is 0.332 e. The molecular weight excluding hydrogens is 356 g/mol. The molecule has 3 heterocycles. The van der Waals surface area contributed by atoms with Crippen molar-refractivity contribution in [2.75, 3.05) is 5.01 Å². The zero-order valence-corrected chi connectivity index (χ0v) is 16.2. The molecule has 0 aliphatic carbocycles. The lowest BCUT2D eigenvalue weighted by atomic mass is 10.1. The van der Waals surface area contributed by atoms with Crippen LogP contribution in [0.15, 0.2) is 51.6 Å². The molecule has 8 heteroatoms. The van der Waals surface area contributed by atoms with Gasteiger partial charge < -0.3 is 0 Å². The molecule has 0 bridgehead atoms. The van der Waals surface area contributed by atoms with Crippen LogP contribution in [-0.4, -0.2) is 24.4 Å². The van der Waals surface area contributed by atoms with Crippen molar-refractivity contribution in [1.82, 2.24) is 18.7 Å². The molecule has 0 spiro atoms. The van der Waals surface area contributed by atoms with Crippen LogP contribution in [0, 0.1) is 6.92 Å². The first-order valence-electron chi connectivity index (χ1n) is 9.09. The highest BCUT2D eigenvalue weighted by molar-refractivity contribution is 5.87. The Bertz CT molecular complexity index is 1230. The lowest BCUT2D eigenvalue weighted by molar-refractivity contribution is 0.663. The van der Waals surface area contributed by atoms with Gasteiger partial charge in [-0.3, -0.25) is 18.5 Å². The first kappa shape index (κ1) is 18.0. The second-order valence-electron chi connectivity index (χ2n) is 7.09. The molecule has 0 atom stereocenters. The second kappa shape index (κ2) is 6.63. The van der Waals surface area contributed by atoms with Crippen LogP contribution in [0.4, 0.5) is 5.95 Å². The molecule has 0 amide bonds. The predicted octanol–water partition coefficient (Wildman–Crippen LogP) is 1.79. The average molecular weight is 378 g/mol. The minimum absolute atomic E-state index is 0.155. The Morgan fingerprint density at radius 1 is 1.18 bits per heavy atom. The van der Waals surface area contributed by atoms with Gasteiger partial charge in [0.1, 0.15) is 0 Å². The topological polar surface area (TPSA) is 77.4 Å². The Kier molecular flexibility index (Phi) is 4.26. The highest BCUT2D eigenvalue weighted by Crippen LogP contribution is 2.25. The van der Waals surface area contributed by atoms with Crippen LogP contribution in [0.5, 0.6) is 0 Å². The van der Waals surface area contributed by atoms with E-state index in [0.29, 0.717) is 30.2 Å². The second-order valence-corrected chi connectivity index (χ2v) is 7.09. The van der Waals surface area contributed by atoms with Crippen LogP contribution < -0.4 is 16.3 Å². The van der Waals surface area contributed by atoms with Crippen LogP contribution in [0.3, 0.4) is 0 Å². The summed E-state index contributed by atoms with van der Waals surface area (Å²) < 4.78 is 4.42. The maximum Gasteiger partial charge on any atom is 0.332 e. The Labute approximate surface area is 161 Å². The molecule has 0 fully saturated rings. The maximum absolute atomic E-state index is 13.0. The third-order valence-electron chi connectivity index (χ3n) is 4.89. The summed E-state index contributed by atoms with van der Waals surface area (Å²) in [6.07, 6.45) is 1.54. The number of hydrogen-bond donors (Lipinski definition) is 0. The number of rotatable bonds is 4. The monoisotopic (exact) mass is 378 g/mol. The molecule has 8 nitrogen and oxygen atoms in total. The molecular formula is C20H22N6O2. The number of fused-ring (bicyclic) bond motifs is 3. The normalized spacial score (nSPS) is 13.5. The summed E-state index contributed by atoms with van der Waals surface area (Å²) in [7, 11) is 1.63. The van der Waals surface area contributed by atoms with E-state index < -0.39 is 5.69 Å². The number of hydrazone groups is 1. The smallest absolute Gasteiger partial charge is 0.297 e. The van der Waals surface area contributed by atoms with Crippen molar-refractivity contribution < 1.29 is 0 Å². The van der Waals surface area contributed by atoms with Gasteiger partial charge in [-0.05, 0) is 19.4 Å². The molecule has 0 saturated heterocycles. The minimum atomic E-state index is -0.407. The standard InChI is InChI=1S/C20H22N6O2/c1-5-10-24-18(27)16-17(23(4)20(24)28)21-19-25(16)11-14(3)22-26(19)12-15-8-6-13(2)7-9-15/h5-9H,1,10-12H2,2-4H3. The number of anilines is 1.